The largest absolute Gasteiger partial charge is 0.497 e. The first-order valence-electron chi connectivity index (χ1n) is 14.8. The molecule has 0 saturated heterocycles. The standard InChI is InChI=1S/C36H38ClNO7/c1-41-29-13-7-24(8-14-29)20-26-11-18-33(34(38(39)40)31(26)21-25-9-15-30(42-2)16-10-25)45-23-36(35(43-3)44-4)19-5-6-27-22-28(37)12-17-32(27)36/h7-18,22,35H,5-6,19-21,23H2,1-4H3/t36-/m0/s1. The molecule has 0 fully saturated rings. The van der Waals surface area contributed by atoms with Gasteiger partial charge in [0.2, 0.25) is 0 Å². The maximum Gasteiger partial charge on any atom is 0.314 e. The molecule has 45 heavy (non-hydrogen) atoms. The van der Waals surface area contributed by atoms with E-state index in [2.05, 4.69) is 0 Å². The van der Waals surface area contributed by atoms with E-state index in [9.17, 15) is 10.1 Å². The van der Waals surface area contributed by atoms with Gasteiger partial charge < -0.3 is 23.7 Å². The Morgan fingerprint density at radius 3 is 2.04 bits per heavy atom. The number of rotatable bonds is 13. The molecule has 0 aromatic heterocycles. The van der Waals surface area contributed by atoms with Gasteiger partial charge in [-0.15, -0.1) is 0 Å². The van der Waals surface area contributed by atoms with Crippen LogP contribution in [0.2, 0.25) is 5.02 Å². The second-order valence-electron chi connectivity index (χ2n) is 11.3. The molecule has 0 saturated carbocycles. The van der Waals surface area contributed by atoms with Gasteiger partial charge in [0.1, 0.15) is 18.1 Å². The summed E-state index contributed by atoms with van der Waals surface area (Å²) < 4.78 is 28.8. The van der Waals surface area contributed by atoms with E-state index in [0.717, 1.165) is 52.8 Å². The van der Waals surface area contributed by atoms with Crippen LogP contribution in [0.5, 0.6) is 17.2 Å². The molecule has 1 atom stereocenters. The molecule has 8 nitrogen and oxygen atoms in total. The summed E-state index contributed by atoms with van der Waals surface area (Å²) in [5.41, 5.74) is 4.73. The van der Waals surface area contributed by atoms with E-state index in [-0.39, 0.29) is 23.0 Å². The molecule has 1 aliphatic carbocycles. The molecule has 0 aliphatic heterocycles. The molecule has 9 heteroatoms. The maximum absolute atomic E-state index is 12.9. The molecule has 0 N–H and O–H groups in total. The molecule has 1 aliphatic rings. The average molecular weight is 632 g/mol. The van der Waals surface area contributed by atoms with E-state index in [1.54, 1.807) is 34.5 Å². The van der Waals surface area contributed by atoms with E-state index in [1.165, 1.54) is 0 Å². The summed E-state index contributed by atoms with van der Waals surface area (Å²) in [4.78, 5) is 12.5. The van der Waals surface area contributed by atoms with Gasteiger partial charge in [0.15, 0.2) is 12.0 Å². The summed E-state index contributed by atoms with van der Waals surface area (Å²) in [5, 5.41) is 13.5. The van der Waals surface area contributed by atoms with Gasteiger partial charge in [-0.3, -0.25) is 10.1 Å². The van der Waals surface area contributed by atoms with Crippen LogP contribution in [0.25, 0.3) is 0 Å². The van der Waals surface area contributed by atoms with E-state index in [1.807, 2.05) is 72.8 Å². The first-order valence-corrected chi connectivity index (χ1v) is 15.2. The zero-order valence-electron chi connectivity index (χ0n) is 26.0. The van der Waals surface area contributed by atoms with E-state index < -0.39 is 11.7 Å². The molecule has 0 radical (unpaired) electrons. The molecular weight excluding hydrogens is 594 g/mol. The number of hydrogen-bond acceptors (Lipinski definition) is 7. The number of nitro benzene ring substituents is 1. The normalized spacial score (nSPS) is 15.9. The summed E-state index contributed by atoms with van der Waals surface area (Å²) in [6, 6.07) is 24.7. The molecule has 0 spiro atoms. The number of nitro groups is 1. The lowest BCUT2D eigenvalue weighted by Crippen LogP contribution is -2.49. The SMILES string of the molecule is COc1ccc(Cc2ccc(OC[C@@]3(C(OC)OC)CCCc4cc(Cl)ccc43)c([N+](=O)[O-])c2Cc2ccc(OC)cc2)cc1. The monoisotopic (exact) mass is 631 g/mol. The highest BCUT2D eigenvalue weighted by Crippen LogP contribution is 2.44. The fourth-order valence-corrected chi connectivity index (χ4v) is 6.64. The summed E-state index contributed by atoms with van der Waals surface area (Å²) in [5.74, 6) is 1.67. The number of methoxy groups -OCH3 is 4. The molecule has 5 rings (SSSR count). The molecule has 236 valence electrons. The molecule has 4 aromatic carbocycles. The minimum atomic E-state index is -0.701. The predicted octanol–water partition coefficient (Wildman–Crippen LogP) is 7.72. The first kappa shape index (κ1) is 32.3. The van der Waals surface area contributed by atoms with Crippen LogP contribution in [0.4, 0.5) is 5.69 Å². The number of nitrogens with zero attached hydrogens (tertiary/aromatic N) is 1. The fourth-order valence-electron chi connectivity index (χ4n) is 6.45. The number of halogens is 1. The van der Waals surface area contributed by atoms with Crippen molar-refractivity contribution in [3.8, 4) is 17.2 Å². The Hall–Kier alpha value is -4.11. The van der Waals surface area contributed by atoms with Crippen LogP contribution in [0.3, 0.4) is 0 Å². The van der Waals surface area contributed by atoms with Crippen LogP contribution in [-0.2, 0) is 34.2 Å². The lowest BCUT2D eigenvalue weighted by Gasteiger charge is -2.43. The van der Waals surface area contributed by atoms with E-state index in [4.69, 9.17) is 35.3 Å². The van der Waals surface area contributed by atoms with Gasteiger partial charge in [-0.1, -0.05) is 48.0 Å². The average Bonchev–Trinajstić information content (AvgIpc) is 3.05. The molecule has 0 heterocycles. The number of benzene rings is 4. The van der Waals surface area contributed by atoms with Gasteiger partial charge >= 0.3 is 5.69 Å². The Morgan fingerprint density at radius 1 is 0.844 bits per heavy atom. The number of ether oxygens (including phenoxy) is 5. The van der Waals surface area contributed by atoms with Gasteiger partial charge in [0, 0.05) is 31.2 Å². The van der Waals surface area contributed by atoms with Crippen molar-refractivity contribution in [1.29, 1.82) is 0 Å². The third kappa shape index (κ3) is 6.93. The highest BCUT2D eigenvalue weighted by atomic mass is 35.5. The maximum atomic E-state index is 12.9. The number of fused-ring (bicyclic) bond motifs is 1. The quantitative estimate of drug-likeness (QED) is 0.0848. The van der Waals surface area contributed by atoms with Crippen molar-refractivity contribution >= 4 is 17.3 Å². The van der Waals surface area contributed by atoms with Gasteiger partial charge in [-0.05, 0) is 96.0 Å². The molecule has 0 bridgehead atoms. The van der Waals surface area contributed by atoms with E-state index >= 15 is 0 Å². The molecule has 0 amide bonds. The minimum Gasteiger partial charge on any atom is -0.497 e. The number of aryl methyl sites for hydroxylation is 1. The van der Waals surface area contributed by atoms with Crippen molar-refractivity contribution < 1.29 is 28.6 Å². The van der Waals surface area contributed by atoms with Crippen molar-refractivity contribution in [2.45, 2.75) is 43.8 Å². The molecular formula is C36H38ClNO7. The highest BCUT2D eigenvalue weighted by Gasteiger charge is 2.46. The smallest absolute Gasteiger partial charge is 0.314 e. The van der Waals surface area contributed by atoms with Gasteiger partial charge in [0.05, 0.1) is 24.6 Å². The van der Waals surface area contributed by atoms with Gasteiger partial charge in [0.25, 0.3) is 0 Å². The third-order valence-corrected chi connectivity index (χ3v) is 8.89. The summed E-state index contributed by atoms with van der Waals surface area (Å²) in [7, 11) is 6.43. The lowest BCUT2D eigenvalue weighted by molar-refractivity contribution is -0.386. The Kier molecular flexibility index (Phi) is 10.3. The van der Waals surface area contributed by atoms with Crippen molar-refractivity contribution in [2.24, 2.45) is 0 Å². The molecule has 0 unspecified atom stereocenters. The van der Waals surface area contributed by atoms with Crippen LogP contribution < -0.4 is 14.2 Å². The summed E-state index contributed by atoms with van der Waals surface area (Å²) in [6.07, 6.45) is 2.66. The van der Waals surface area contributed by atoms with Crippen LogP contribution in [-0.4, -0.2) is 46.3 Å². The Morgan fingerprint density at radius 2 is 1.47 bits per heavy atom. The second-order valence-corrected chi connectivity index (χ2v) is 11.7. The molecule has 4 aromatic rings. The lowest BCUT2D eigenvalue weighted by atomic mass is 9.69. The topological polar surface area (TPSA) is 89.3 Å². The van der Waals surface area contributed by atoms with Gasteiger partial charge in [-0.2, -0.15) is 0 Å². The van der Waals surface area contributed by atoms with Crippen LogP contribution in [0.15, 0.2) is 78.9 Å². The van der Waals surface area contributed by atoms with Crippen LogP contribution >= 0.6 is 11.6 Å². The Balaban J connectivity index is 1.57. The van der Waals surface area contributed by atoms with Gasteiger partial charge in [-0.25, -0.2) is 0 Å². The summed E-state index contributed by atoms with van der Waals surface area (Å²) in [6.45, 7) is 0.120. The van der Waals surface area contributed by atoms with Crippen molar-refractivity contribution in [2.75, 3.05) is 35.0 Å². The minimum absolute atomic E-state index is 0.0505. The zero-order valence-corrected chi connectivity index (χ0v) is 26.8. The number of hydrogen-bond donors (Lipinski definition) is 0. The van der Waals surface area contributed by atoms with Crippen LogP contribution in [0.1, 0.15) is 46.2 Å². The highest BCUT2D eigenvalue weighted by molar-refractivity contribution is 6.30. The third-order valence-electron chi connectivity index (χ3n) is 8.66. The zero-order chi connectivity index (χ0) is 32.0. The second kappa shape index (κ2) is 14.3. The Labute approximate surface area is 269 Å². The fraction of sp³-hybridized carbons (Fsp3) is 0.333. The van der Waals surface area contributed by atoms with Crippen molar-refractivity contribution in [1.82, 2.24) is 0 Å². The predicted molar refractivity (Wildman–Crippen MR) is 174 cm³/mol. The Bertz CT molecular complexity index is 1620. The first-order chi connectivity index (χ1) is 21.8. The van der Waals surface area contributed by atoms with E-state index in [0.29, 0.717) is 29.2 Å². The van der Waals surface area contributed by atoms with Crippen LogP contribution in [0, 0.1) is 10.1 Å². The summed E-state index contributed by atoms with van der Waals surface area (Å²) >= 11 is 6.35. The van der Waals surface area contributed by atoms with Crippen molar-refractivity contribution in [3.63, 3.8) is 0 Å². The van der Waals surface area contributed by atoms with Crippen molar-refractivity contribution in [3.05, 3.63) is 127 Å².